The maximum Gasteiger partial charge on any atom is 0.134 e. The first kappa shape index (κ1) is 14.3. The van der Waals surface area contributed by atoms with Crippen LogP contribution in [0, 0.1) is 0 Å². The molecule has 0 atom stereocenters. The van der Waals surface area contributed by atoms with Crippen molar-refractivity contribution in [1.29, 1.82) is 0 Å². The third-order valence-corrected chi connectivity index (χ3v) is 3.74. The Labute approximate surface area is 131 Å². The Bertz CT molecular complexity index is 691. The second-order valence-electron chi connectivity index (χ2n) is 5.24. The summed E-state index contributed by atoms with van der Waals surface area (Å²) in [6.45, 7) is 0. The van der Waals surface area contributed by atoms with E-state index in [0.717, 1.165) is 16.7 Å². The Hall–Kier alpha value is -2.64. The molecule has 22 heavy (non-hydrogen) atoms. The fourth-order valence-electron chi connectivity index (χ4n) is 2.52. The number of benzene rings is 3. The molecule has 3 aromatic carbocycles. The number of aliphatic hydroxyl groups is 1. The molecule has 1 heteroatoms. The van der Waals surface area contributed by atoms with E-state index >= 15 is 0 Å². The van der Waals surface area contributed by atoms with Crippen LogP contribution >= 0.6 is 0 Å². The molecule has 0 fully saturated rings. The van der Waals surface area contributed by atoms with Crippen LogP contribution in [0.4, 0.5) is 0 Å². The molecule has 3 aromatic rings. The summed E-state index contributed by atoms with van der Waals surface area (Å²) in [6, 6.07) is 29.5. The summed E-state index contributed by atoms with van der Waals surface area (Å²) in [5.74, 6) is 0. The van der Waals surface area contributed by atoms with E-state index in [1.54, 1.807) is 0 Å². The summed E-state index contributed by atoms with van der Waals surface area (Å²) < 4.78 is 0. The smallest absolute Gasteiger partial charge is 0.134 e. The number of rotatable bonds is 4. The van der Waals surface area contributed by atoms with Crippen molar-refractivity contribution < 1.29 is 5.11 Å². The molecule has 1 N–H and O–H groups in total. The molecular formula is C21H18O. The molecule has 3 rings (SSSR count). The van der Waals surface area contributed by atoms with E-state index in [4.69, 9.17) is 0 Å². The average molecular weight is 286 g/mol. The molecule has 0 saturated heterocycles. The monoisotopic (exact) mass is 286 g/mol. The molecule has 0 aromatic heterocycles. The molecule has 0 spiro atoms. The molecule has 1 nitrogen and oxygen atoms in total. The second kappa shape index (κ2) is 6.42. The van der Waals surface area contributed by atoms with Crippen molar-refractivity contribution in [3.8, 4) is 0 Å². The topological polar surface area (TPSA) is 20.2 Å². The fraction of sp³-hybridized carbons (Fsp3) is 0.0476. The first-order valence-electron chi connectivity index (χ1n) is 7.37. The maximum absolute atomic E-state index is 11.3. The Kier molecular flexibility index (Phi) is 4.17. The molecular weight excluding hydrogens is 268 g/mol. The van der Waals surface area contributed by atoms with Gasteiger partial charge in [-0.15, -0.1) is 0 Å². The van der Waals surface area contributed by atoms with Crippen LogP contribution in [0.3, 0.4) is 0 Å². The molecule has 0 radical (unpaired) electrons. The Balaban J connectivity index is 2.06. The summed E-state index contributed by atoms with van der Waals surface area (Å²) in [5, 5.41) is 11.3. The molecule has 0 heterocycles. The third-order valence-electron chi connectivity index (χ3n) is 3.74. The number of hydrogen-bond acceptors (Lipinski definition) is 1. The third kappa shape index (κ3) is 3.00. The van der Waals surface area contributed by atoms with E-state index in [-0.39, 0.29) is 0 Å². The van der Waals surface area contributed by atoms with Crippen LogP contribution in [-0.2, 0) is 5.60 Å². The van der Waals surface area contributed by atoms with Crippen LogP contribution in [0.25, 0.3) is 6.08 Å². The highest BCUT2D eigenvalue weighted by atomic mass is 16.3. The fourth-order valence-corrected chi connectivity index (χ4v) is 2.52. The van der Waals surface area contributed by atoms with E-state index in [0.29, 0.717) is 0 Å². The lowest BCUT2D eigenvalue weighted by atomic mass is 9.85. The summed E-state index contributed by atoms with van der Waals surface area (Å²) in [5.41, 5.74) is 1.63. The van der Waals surface area contributed by atoms with E-state index in [1.165, 1.54) is 0 Å². The first-order valence-corrected chi connectivity index (χ1v) is 7.37. The van der Waals surface area contributed by atoms with Crippen molar-refractivity contribution in [1.82, 2.24) is 0 Å². The van der Waals surface area contributed by atoms with Crippen LogP contribution in [0.1, 0.15) is 16.7 Å². The largest absolute Gasteiger partial charge is 0.377 e. The summed E-state index contributed by atoms with van der Waals surface area (Å²) in [4.78, 5) is 0. The predicted octanol–water partition coefficient (Wildman–Crippen LogP) is 4.64. The van der Waals surface area contributed by atoms with Crippen molar-refractivity contribution in [2.75, 3.05) is 0 Å². The van der Waals surface area contributed by atoms with Crippen molar-refractivity contribution >= 4 is 6.08 Å². The van der Waals surface area contributed by atoms with Gasteiger partial charge in [-0.25, -0.2) is 0 Å². The highest BCUT2D eigenvalue weighted by Gasteiger charge is 2.27. The Morgan fingerprint density at radius 2 is 1.00 bits per heavy atom. The van der Waals surface area contributed by atoms with Gasteiger partial charge in [0.1, 0.15) is 5.60 Å². The van der Waals surface area contributed by atoms with E-state index in [1.807, 2.05) is 103 Å². The zero-order valence-electron chi connectivity index (χ0n) is 12.3. The quantitative estimate of drug-likeness (QED) is 0.741. The molecule has 0 aliphatic heterocycles. The van der Waals surface area contributed by atoms with Crippen LogP contribution in [0.2, 0.25) is 0 Å². The van der Waals surface area contributed by atoms with E-state index in [9.17, 15) is 5.11 Å². The first-order chi connectivity index (χ1) is 10.8. The molecule has 0 unspecified atom stereocenters. The average Bonchev–Trinajstić information content (AvgIpc) is 2.62. The van der Waals surface area contributed by atoms with E-state index in [2.05, 4.69) is 0 Å². The maximum atomic E-state index is 11.3. The Morgan fingerprint density at radius 3 is 1.45 bits per heavy atom. The van der Waals surface area contributed by atoms with Crippen LogP contribution < -0.4 is 0 Å². The standard InChI is InChI=1S/C21H18O/c22-21(19-12-6-2-7-13-19,20-14-8-3-9-15-20)17-16-18-10-4-1-5-11-18/h1-17,22H/b17-16-. The zero-order chi connectivity index (χ0) is 15.3. The minimum Gasteiger partial charge on any atom is -0.377 e. The summed E-state index contributed by atoms with van der Waals surface area (Å²) in [7, 11) is 0. The van der Waals surface area contributed by atoms with Gasteiger partial charge in [-0.3, -0.25) is 0 Å². The molecule has 108 valence electrons. The van der Waals surface area contributed by atoms with Gasteiger partial charge in [0.2, 0.25) is 0 Å². The molecule has 0 aliphatic carbocycles. The van der Waals surface area contributed by atoms with Gasteiger partial charge in [0.15, 0.2) is 0 Å². The van der Waals surface area contributed by atoms with Crippen molar-refractivity contribution in [2.24, 2.45) is 0 Å². The highest BCUT2D eigenvalue weighted by molar-refractivity contribution is 5.54. The predicted molar refractivity (Wildman–Crippen MR) is 91.4 cm³/mol. The summed E-state index contributed by atoms with van der Waals surface area (Å²) >= 11 is 0. The normalized spacial score (nSPS) is 11.7. The lowest BCUT2D eigenvalue weighted by Gasteiger charge is -2.26. The zero-order valence-corrected chi connectivity index (χ0v) is 12.3. The lowest BCUT2D eigenvalue weighted by molar-refractivity contribution is 0.135. The van der Waals surface area contributed by atoms with Gasteiger partial charge in [0.25, 0.3) is 0 Å². The molecule has 0 aliphatic rings. The van der Waals surface area contributed by atoms with Crippen molar-refractivity contribution in [3.63, 3.8) is 0 Å². The summed E-state index contributed by atoms with van der Waals surface area (Å²) in [6.07, 6.45) is 3.81. The van der Waals surface area contributed by atoms with Crippen LogP contribution in [0.15, 0.2) is 97.1 Å². The van der Waals surface area contributed by atoms with Crippen molar-refractivity contribution in [2.45, 2.75) is 5.60 Å². The molecule has 0 amide bonds. The van der Waals surface area contributed by atoms with Gasteiger partial charge < -0.3 is 5.11 Å². The van der Waals surface area contributed by atoms with Crippen LogP contribution in [-0.4, -0.2) is 5.11 Å². The number of hydrogen-bond donors (Lipinski definition) is 1. The SMILES string of the molecule is OC(/C=C\c1ccccc1)(c1ccccc1)c1ccccc1. The van der Waals surface area contributed by atoms with Gasteiger partial charge in [-0.1, -0.05) is 97.1 Å². The van der Waals surface area contributed by atoms with Gasteiger partial charge >= 0.3 is 0 Å². The second-order valence-corrected chi connectivity index (χ2v) is 5.24. The molecule has 0 bridgehead atoms. The van der Waals surface area contributed by atoms with Gasteiger partial charge in [0.05, 0.1) is 0 Å². The highest BCUT2D eigenvalue weighted by Crippen LogP contribution is 2.31. The van der Waals surface area contributed by atoms with Crippen molar-refractivity contribution in [3.05, 3.63) is 114 Å². The van der Waals surface area contributed by atoms with Gasteiger partial charge in [-0.05, 0) is 22.8 Å². The lowest BCUT2D eigenvalue weighted by Crippen LogP contribution is -2.24. The van der Waals surface area contributed by atoms with Gasteiger partial charge in [-0.2, -0.15) is 0 Å². The molecule has 0 saturated carbocycles. The van der Waals surface area contributed by atoms with Gasteiger partial charge in [0, 0.05) is 0 Å². The van der Waals surface area contributed by atoms with Crippen LogP contribution in [0.5, 0.6) is 0 Å². The Morgan fingerprint density at radius 1 is 0.591 bits per heavy atom. The minimum absolute atomic E-state index is 0.855. The minimum atomic E-state index is -1.14. The van der Waals surface area contributed by atoms with E-state index < -0.39 is 5.60 Å².